The third-order valence-corrected chi connectivity index (χ3v) is 3.37. The van der Waals surface area contributed by atoms with Gasteiger partial charge in [-0.25, -0.2) is 0 Å². The van der Waals surface area contributed by atoms with Gasteiger partial charge < -0.3 is 15.0 Å². The van der Waals surface area contributed by atoms with Crippen LogP contribution in [0.25, 0.3) is 0 Å². The molecule has 0 aliphatic carbocycles. The van der Waals surface area contributed by atoms with Crippen molar-refractivity contribution < 1.29 is 4.74 Å². The van der Waals surface area contributed by atoms with E-state index in [0.29, 0.717) is 6.61 Å². The van der Waals surface area contributed by atoms with E-state index in [9.17, 15) is 0 Å². The first-order valence-corrected chi connectivity index (χ1v) is 7.56. The lowest BCUT2D eigenvalue weighted by Crippen LogP contribution is -2.27. The molecule has 0 saturated heterocycles. The Morgan fingerprint density at radius 3 is 2.70 bits per heavy atom. The summed E-state index contributed by atoms with van der Waals surface area (Å²) in [6.07, 6.45) is 2.95. The Balaban J connectivity index is 2.29. The molecule has 0 aliphatic rings. The molecule has 0 saturated carbocycles. The van der Waals surface area contributed by atoms with Gasteiger partial charge in [-0.05, 0) is 38.7 Å². The average molecular weight is 276 g/mol. The maximum absolute atomic E-state index is 5.65. The van der Waals surface area contributed by atoms with E-state index in [2.05, 4.69) is 36.7 Å². The quantitative estimate of drug-likeness (QED) is 0.496. The van der Waals surface area contributed by atoms with E-state index >= 15 is 0 Å². The van der Waals surface area contributed by atoms with Crippen molar-refractivity contribution in [3.63, 3.8) is 0 Å². The molecule has 3 nitrogen and oxygen atoms in total. The summed E-state index contributed by atoms with van der Waals surface area (Å²) in [5.41, 5.74) is 1.21. The number of ether oxygens (including phenoxy) is 1. The Labute approximate surface area is 123 Å². The average Bonchev–Trinajstić information content (AvgIpc) is 2.50. The Bertz CT molecular complexity index is 375. The smallest absolute Gasteiger partial charge is 0.124 e. The van der Waals surface area contributed by atoms with Crippen LogP contribution in [0.15, 0.2) is 36.9 Å². The lowest BCUT2D eigenvalue weighted by atomic mass is 10.2. The maximum Gasteiger partial charge on any atom is 0.124 e. The molecule has 0 fully saturated rings. The monoisotopic (exact) mass is 276 g/mol. The summed E-state index contributed by atoms with van der Waals surface area (Å²) in [5.74, 6) is 0.948. The maximum atomic E-state index is 5.65. The van der Waals surface area contributed by atoms with Gasteiger partial charge >= 0.3 is 0 Å². The van der Waals surface area contributed by atoms with Crippen LogP contribution in [0.4, 0.5) is 0 Å². The highest BCUT2D eigenvalue weighted by molar-refractivity contribution is 5.33. The lowest BCUT2D eigenvalue weighted by molar-refractivity contribution is 0.297. The van der Waals surface area contributed by atoms with Gasteiger partial charge in [-0.1, -0.05) is 44.7 Å². The van der Waals surface area contributed by atoms with Gasteiger partial charge in [-0.2, -0.15) is 0 Å². The number of hydrogen-bond donors (Lipinski definition) is 1. The van der Waals surface area contributed by atoms with Crippen molar-refractivity contribution in [2.45, 2.75) is 26.8 Å². The van der Waals surface area contributed by atoms with Crippen LogP contribution in [0.2, 0.25) is 0 Å². The van der Waals surface area contributed by atoms with Crippen LogP contribution < -0.4 is 10.1 Å². The normalized spacial score (nSPS) is 10.8. The lowest BCUT2D eigenvalue weighted by Gasteiger charge is -2.18. The minimum Gasteiger partial charge on any atom is -0.489 e. The fourth-order valence-corrected chi connectivity index (χ4v) is 2.13. The summed E-state index contributed by atoms with van der Waals surface area (Å²) >= 11 is 0. The number of benzene rings is 1. The summed E-state index contributed by atoms with van der Waals surface area (Å²) in [4.78, 5) is 2.45. The molecule has 112 valence electrons. The molecule has 0 aromatic heterocycles. The van der Waals surface area contributed by atoms with Crippen molar-refractivity contribution in [2.75, 3.05) is 32.8 Å². The second-order valence-electron chi connectivity index (χ2n) is 4.76. The SMILES string of the molecule is C=CCOc1ccccc1CNCCCN(CC)CC. The van der Waals surface area contributed by atoms with E-state index in [4.69, 9.17) is 4.74 Å². The van der Waals surface area contributed by atoms with Crippen molar-refractivity contribution in [1.82, 2.24) is 10.2 Å². The summed E-state index contributed by atoms with van der Waals surface area (Å²) in [6.45, 7) is 14.0. The predicted octanol–water partition coefficient (Wildman–Crippen LogP) is 3.07. The molecule has 0 heterocycles. The molecule has 0 bridgehead atoms. The van der Waals surface area contributed by atoms with Crippen LogP contribution in [0.3, 0.4) is 0 Å². The molecule has 20 heavy (non-hydrogen) atoms. The van der Waals surface area contributed by atoms with Crippen LogP contribution >= 0.6 is 0 Å². The second kappa shape index (κ2) is 10.5. The van der Waals surface area contributed by atoms with Gasteiger partial charge in [0.2, 0.25) is 0 Å². The van der Waals surface area contributed by atoms with E-state index in [1.807, 2.05) is 18.2 Å². The Morgan fingerprint density at radius 2 is 2.00 bits per heavy atom. The summed E-state index contributed by atoms with van der Waals surface area (Å²) in [6, 6.07) is 8.17. The van der Waals surface area contributed by atoms with E-state index < -0.39 is 0 Å². The third-order valence-electron chi connectivity index (χ3n) is 3.37. The van der Waals surface area contributed by atoms with Gasteiger partial charge in [0.25, 0.3) is 0 Å². The van der Waals surface area contributed by atoms with E-state index in [1.165, 1.54) is 12.0 Å². The van der Waals surface area contributed by atoms with Crippen LogP contribution in [0.1, 0.15) is 25.8 Å². The zero-order valence-electron chi connectivity index (χ0n) is 12.9. The fraction of sp³-hybridized carbons (Fsp3) is 0.529. The van der Waals surface area contributed by atoms with Gasteiger partial charge in [0.05, 0.1) is 0 Å². The highest BCUT2D eigenvalue weighted by Gasteiger charge is 2.02. The zero-order chi connectivity index (χ0) is 14.6. The molecule has 1 N–H and O–H groups in total. The van der Waals surface area contributed by atoms with Crippen LogP contribution in [0.5, 0.6) is 5.75 Å². The van der Waals surface area contributed by atoms with Gasteiger partial charge in [0, 0.05) is 12.1 Å². The molecule has 0 amide bonds. The van der Waals surface area contributed by atoms with Crippen LogP contribution in [-0.2, 0) is 6.54 Å². The van der Waals surface area contributed by atoms with Crippen molar-refractivity contribution >= 4 is 0 Å². The minimum absolute atomic E-state index is 0.555. The Morgan fingerprint density at radius 1 is 1.25 bits per heavy atom. The molecule has 0 aliphatic heterocycles. The highest BCUT2D eigenvalue weighted by atomic mass is 16.5. The first-order valence-electron chi connectivity index (χ1n) is 7.56. The summed E-state index contributed by atoms with van der Waals surface area (Å²) in [7, 11) is 0. The number of hydrogen-bond acceptors (Lipinski definition) is 3. The van der Waals surface area contributed by atoms with Crippen molar-refractivity contribution in [3.05, 3.63) is 42.5 Å². The van der Waals surface area contributed by atoms with E-state index in [0.717, 1.165) is 38.5 Å². The molecular weight excluding hydrogens is 248 g/mol. The molecule has 0 radical (unpaired) electrons. The van der Waals surface area contributed by atoms with Crippen LogP contribution in [0, 0.1) is 0 Å². The van der Waals surface area contributed by atoms with E-state index in [-0.39, 0.29) is 0 Å². The molecule has 0 unspecified atom stereocenters. The van der Waals surface area contributed by atoms with Gasteiger partial charge in [-0.15, -0.1) is 0 Å². The molecule has 0 spiro atoms. The largest absolute Gasteiger partial charge is 0.489 e. The number of nitrogens with zero attached hydrogens (tertiary/aromatic N) is 1. The van der Waals surface area contributed by atoms with Gasteiger partial charge in [0.1, 0.15) is 12.4 Å². The first-order chi connectivity index (χ1) is 9.81. The number of nitrogens with one attached hydrogen (secondary N) is 1. The third kappa shape index (κ3) is 6.22. The topological polar surface area (TPSA) is 24.5 Å². The molecule has 1 aromatic carbocycles. The second-order valence-corrected chi connectivity index (χ2v) is 4.76. The summed E-state index contributed by atoms with van der Waals surface area (Å²) in [5, 5.41) is 3.49. The Kier molecular flexibility index (Phi) is 8.76. The molecule has 1 rings (SSSR count). The van der Waals surface area contributed by atoms with E-state index in [1.54, 1.807) is 6.08 Å². The van der Waals surface area contributed by atoms with Gasteiger partial charge in [0.15, 0.2) is 0 Å². The Hall–Kier alpha value is -1.32. The van der Waals surface area contributed by atoms with Crippen molar-refractivity contribution in [1.29, 1.82) is 0 Å². The molecule has 3 heteroatoms. The minimum atomic E-state index is 0.555. The molecular formula is C17H28N2O. The summed E-state index contributed by atoms with van der Waals surface area (Å²) < 4.78 is 5.65. The molecule has 0 atom stereocenters. The van der Waals surface area contributed by atoms with Crippen molar-refractivity contribution in [3.8, 4) is 5.75 Å². The first kappa shape index (κ1) is 16.7. The van der Waals surface area contributed by atoms with Crippen molar-refractivity contribution in [2.24, 2.45) is 0 Å². The van der Waals surface area contributed by atoms with Crippen LogP contribution in [-0.4, -0.2) is 37.7 Å². The number of rotatable bonds is 11. The fourth-order valence-electron chi connectivity index (χ4n) is 2.13. The standard InChI is InChI=1S/C17H28N2O/c1-4-14-20-17-11-8-7-10-16(17)15-18-12-9-13-19(5-2)6-3/h4,7-8,10-11,18H,1,5-6,9,12-15H2,2-3H3. The number of para-hydroxylation sites is 1. The molecule has 1 aromatic rings. The zero-order valence-corrected chi connectivity index (χ0v) is 12.9. The highest BCUT2D eigenvalue weighted by Crippen LogP contribution is 2.17. The van der Waals surface area contributed by atoms with Gasteiger partial charge in [-0.3, -0.25) is 0 Å². The predicted molar refractivity (Wildman–Crippen MR) is 86.2 cm³/mol.